The zero-order chi connectivity index (χ0) is 17.3. The van der Waals surface area contributed by atoms with Crippen molar-refractivity contribution in [3.63, 3.8) is 0 Å². The molecule has 128 valence electrons. The number of fused-ring (bicyclic) bond motifs is 1. The third-order valence-electron chi connectivity index (χ3n) is 3.77. The molecule has 0 radical (unpaired) electrons. The van der Waals surface area contributed by atoms with Gasteiger partial charge in [0.25, 0.3) is 5.88 Å². The molecule has 1 aromatic heterocycles. The van der Waals surface area contributed by atoms with Crippen molar-refractivity contribution in [1.82, 2.24) is 5.16 Å². The highest BCUT2D eigenvalue weighted by Gasteiger charge is 2.34. The second-order valence-corrected chi connectivity index (χ2v) is 7.20. The van der Waals surface area contributed by atoms with Crippen LogP contribution in [0.1, 0.15) is 26.0 Å². The molecule has 0 bridgehead atoms. The third kappa shape index (κ3) is 3.56. The van der Waals surface area contributed by atoms with E-state index in [0.717, 1.165) is 10.2 Å². The summed E-state index contributed by atoms with van der Waals surface area (Å²) in [6.45, 7) is 4.44. The molecule has 1 aromatic carbocycles. The summed E-state index contributed by atoms with van der Waals surface area (Å²) in [6.07, 6.45) is 0.794. The highest BCUT2D eigenvalue weighted by atomic mass is 79.9. The number of aryl methyl sites for hydroxylation is 1. The van der Waals surface area contributed by atoms with Gasteiger partial charge >= 0.3 is 0 Å². The fraction of sp³-hybridized carbons (Fsp3) is 0.412. The number of carbonyl (C=O) groups excluding carboxylic acids is 1. The Balaban J connectivity index is 1.76. The zero-order valence-electron chi connectivity index (χ0n) is 13.8. The van der Waals surface area contributed by atoms with Crippen molar-refractivity contribution in [1.29, 1.82) is 0 Å². The Morgan fingerprint density at radius 2 is 2.21 bits per heavy atom. The third-order valence-corrected chi connectivity index (χ3v) is 4.26. The van der Waals surface area contributed by atoms with Crippen LogP contribution in [0.4, 0.5) is 5.69 Å². The summed E-state index contributed by atoms with van der Waals surface area (Å²) in [5, 5.41) is 3.75. The second kappa shape index (κ2) is 6.47. The second-order valence-electron chi connectivity index (χ2n) is 6.29. The summed E-state index contributed by atoms with van der Waals surface area (Å²) in [5.41, 5.74) is 0.344. The van der Waals surface area contributed by atoms with Crippen LogP contribution in [0.25, 0.3) is 0 Å². The number of ether oxygens (including phenoxy) is 2. The fourth-order valence-electron chi connectivity index (χ4n) is 2.68. The van der Waals surface area contributed by atoms with Gasteiger partial charge in [0.2, 0.25) is 5.91 Å². The van der Waals surface area contributed by atoms with E-state index in [-0.39, 0.29) is 5.91 Å². The summed E-state index contributed by atoms with van der Waals surface area (Å²) >= 11 is 3.44. The predicted molar refractivity (Wildman–Crippen MR) is 92.6 cm³/mol. The van der Waals surface area contributed by atoms with Crippen molar-refractivity contribution >= 4 is 27.5 Å². The highest BCUT2D eigenvalue weighted by Crippen LogP contribution is 2.39. The fourth-order valence-corrected chi connectivity index (χ4v) is 3.02. The number of rotatable bonds is 4. The van der Waals surface area contributed by atoms with Crippen LogP contribution in [-0.4, -0.2) is 30.3 Å². The average molecular weight is 395 g/mol. The van der Waals surface area contributed by atoms with Crippen molar-refractivity contribution in [2.24, 2.45) is 0 Å². The lowest BCUT2D eigenvalue weighted by Gasteiger charge is -2.39. The van der Waals surface area contributed by atoms with Gasteiger partial charge in [-0.05, 0) is 37.2 Å². The van der Waals surface area contributed by atoms with Crippen LogP contribution in [0.2, 0.25) is 0 Å². The van der Waals surface area contributed by atoms with E-state index in [9.17, 15) is 4.79 Å². The minimum atomic E-state index is -0.446. The molecule has 0 fully saturated rings. The standard InChI is InChI=1S/C17H19BrN2O4/c1-17(2)10-20(13-6-4-11(18)8-14(13)23-17)16(21)7-5-12-9-15(22-3)19-24-12/h4,6,8-9H,5,7,10H2,1-3H3. The minimum Gasteiger partial charge on any atom is -0.484 e. The number of nitrogens with zero attached hydrogens (tertiary/aromatic N) is 2. The van der Waals surface area contributed by atoms with E-state index in [1.54, 1.807) is 11.0 Å². The number of hydrogen-bond acceptors (Lipinski definition) is 5. The number of hydrogen-bond donors (Lipinski definition) is 0. The lowest BCUT2D eigenvalue weighted by atomic mass is 10.0. The van der Waals surface area contributed by atoms with Gasteiger partial charge in [-0.1, -0.05) is 15.9 Å². The van der Waals surface area contributed by atoms with E-state index in [4.69, 9.17) is 14.0 Å². The zero-order valence-corrected chi connectivity index (χ0v) is 15.4. The van der Waals surface area contributed by atoms with Crippen LogP contribution in [-0.2, 0) is 11.2 Å². The summed E-state index contributed by atoms with van der Waals surface area (Å²) in [6, 6.07) is 7.38. The number of benzene rings is 1. The van der Waals surface area contributed by atoms with Gasteiger partial charge in [-0.2, -0.15) is 0 Å². The molecule has 0 N–H and O–H groups in total. The number of amides is 1. The Hall–Kier alpha value is -2.02. The lowest BCUT2D eigenvalue weighted by Crippen LogP contribution is -2.49. The first-order valence-electron chi connectivity index (χ1n) is 7.66. The summed E-state index contributed by atoms with van der Waals surface area (Å²) in [4.78, 5) is 14.5. The Labute approximate surface area is 148 Å². The SMILES string of the molecule is COc1cc(CCC(=O)N2CC(C)(C)Oc3cc(Br)ccc32)on1. The van der Waals surface area contributed by atoms with Gasteiger partial charge in [0.05, 0.1) is 19.3 Å². The molecule has 3 rings (SSSR count). The summed E-state index contributed by atoms with van der Waals surface area (Å²) < 4.78 is 17.0. The van der Waals surface area contributed by atoms with Gasteiger partial charge in [0.1, 0.15) is 17.1 Å². The van der Waals surface area contributed by atoms with E-state index in [2.05, 4.69) is 21.1 Å². The molecule has 2 aromatic rings. The molecule has 0 spiro atoms. The number of anilines is 1. The highest BCUT2D eigenvalue weighted by molar-refractivity contribution is 9.10. The monoisotopic (exact) mass is 394 g/mol. The van der Waals surface area contributed by atoms with Crippen LogP contribution < -0.4 is 14.4 Å². The first-order chi connectivity index (χ1) is 11.4. The Kier molecular flexibility index (Phi) is 4.54. The van der Waals surface area contributed by atoms with Crippen LogP contribution in [0.5, 0.6) is 11.6 Å². The van der Waals surface area contributed by atoms with Crippen molar-refractivity contribution in [3.05, 3.63) is 34.5 Å². The molecule has 7 heteroatoms. The average Bonchev–Trinajstić information content (AvgIpc) is 2.98. The Morgan fingerprint density at radius 1 is 1.42 bits per heavy atom. The quantitative estimate of drug-likeness (QED) is 0.792. The molecule has 1 amide bonds. The van der Waals surface area contributed by atoms with E-state index >= 15 is 0 Å². The number of carbonyl (C=O) groups is 1. The molecule has 24 heavy (non-hydrogen) atoms. The molecule has 0 saturated heterocycles. The normalized spacial score (nSPS) is 15.6. The van der Waals surface area contributed by atoms with Gasteiger partial charge in [-0.3, -0.25) is 4.79 Å². The molecule has 2 heterocycles. The Bertz CT molecular complexity index is 757. The molecule has 0 aliphatic carbocycles. The van der Waals surface area contributed by atoms with Gasteiger partial charge in [0.15, 0.2) is 0 Å². The van der Waals surface area contributed by atoms with Crippen LogP contribution >= 0.6 is 15.9 Å². The summed E-state index contributed by atoms with van der Waals surface area (Å²) in [7, 11) is 1.53. The first kappa shape index (κ1) is 16.8. The van der Waals surface area contributed by atoms with Gasteiger partial charge < -0.3 is 18.9 Å². The van der Waals surface area contributed by atoms with Crippen LogP contribution in [0.15, 0.2) is 33.3 Å². The van der Waals surface area contributed by atoms with Crippen molar-refractivity contribution < 1.29 is 18.8 Å². The van der Waals surface area contributed by atoms with Gasteiger partial charge in [0, 0.05) is 23.4 Å². The maximum atomic E-state index is 12.7. The van der Waals surface area contributed by atoms with E-state index in [1.165, 1.54) is 7.11 Å². The van der Waals surface area contributed by atoms with Gasteiger partial charge in [-0.25, -0.2) is 0 Å². The molecule has 0 atom stereocenters. The molecule has 6 nitrogen and oxygen atoms in total. The molecule has 0 saturated carbocycles. The smallest absolute Gasteiger partial charge is 0.254 e. The van der Waals surface area contributed by atoms with Gasteiger partial charge in [-0.15, -0.1) is 0 Å². The molecule has 0 unspecified atom stereocenters. The lowest BCUT2D eigenvalue weighted by molar-refractivity contribution is -0.119. The maximum absolute atomic E-state index is 12.7. The largest absolute Gasteiger partial charge is 0.484 e. The van der Waals surface area contributed by atoms with E-state index in [0.29, 0.717) is 36.8 Å². The minimum absolute atomic E-state index is 0.0188. The molecular formula is C17H19BrN2O4. The van der Waals surface area contributed by atoms with Crippen LogP contribution in [0, 0.1) is 0 Å². The molecular weight excluding hydrogens is 376 g/mol. The van der Waals surface area contributed by atoms with Crippen molar-refractivity contribution in [2.45, 2.75) is 32.3 Å². The first-order valence-corrected chi connectivity index (χ1v) is 8.46. The number of methoxy groups -OCH3 is 1. The van der Waals surface area contributed by atoms with Crippen molar-refractivity contribution in [2.75, 3.05) is 18.6 Å². The van der Waals surface area contributed by atoms with E-state index in [1.807, 2.05) is 32.0 Å². The number of aromatic nitrogens is 1. The molecule has 1 aliphatic heterocycles. The van der Waals surface area contributed by atoms with Crippen LogP contribution in [0.3, 0.4) is 0 Å². The Morgan fingerprint density at radius 3 is 2.92 bits per heavy atom. The van der Waals surface area contributed by atoms with Crippen molar-refractivity contribution in [3.8, 4) is 11.6 Å². The number of halogens is 1. The molecule has 1 aliphatic rings. The van der Waals surface area contributed by atoms with E-state index < -0.39 is 5.60 Å². The predicted octanol–water partition coefficient (Wildman–Crippen LogP) is 3.58. The summed E-state index contributed by atoms with van der Waals surface area (Å²) in [5.74, 6) is 1.77. The maximum Gasteiger partial charge on any atom is 0.254 e. The topological polar surface area (TPSA) is 64.8 Å².